The van der Waals surface area contributed by atoms with Crippen molar-refractivity contribution in [1.82, 2.24) is 14.8 Å². The maximum Gasteiger partial charge on any atom is 0.331 e. The minimum absolute atomic E-state index is 0.207. The van der Waals surface area contributed by atoms with E-state index in [9.17, 15) is 4.79 Å². The summed E-state index contributed by atoms with van der Waals surface area (Å²) in [5, 5.41) is 7.19. The van der Waals surface area contributed by atoms with E-state index in [2.05, 4.69) is 10.1 Å². The van der Waals surface area contributed by atoms with Gasteiger partial charge >= 0.3 is 5.97 Å². The maximum absolute atomic E-state index is 12.1. The molecule has 4 rings (SSSR count). The largest absolute Gasteiger partial charge is 0.487 e. The third kappa shape index (κ3) is 5.90. The van der Waals surface area contributed by atoms with Gasteiger partial charge in [0.05, 0.1) is 16.4 Å². The molecule has 0 aliphatic rings. The van der Waals surface area contributed by atoms with E-state index in [4.69, 9.17) is 9.47 Å². The van der Waals surface area contributed by atoms with Crippen molar-refractivity contribution in [3.05, 3.63) is 100 Å². The highest BCUT2D eigenvalue weighted by atomic mass is 32.1. The number of aryl methyl sites for hydroxylation is 1. The summed E-state index contributed by atoms with van der Waals surface area (Å²) in [5.41, 5.74) is 3.62. The number of esters is 1. The number of carbonyl (C=O) groups is 1. The molecule has 0 saturated heterocycles. The lowest BCUT2D eigenvalue weighted by Crippen LogP contribution is -2.01. The second kappa shape index (κ2) is 9.86. The van der Waals surface area contributed by atoms with Gasteiger partial charge in [0.1, 0.15) is 19.0 Å². The number of aromatic nitrogens is 3. The number of benzene rings is 2. The average molecular weight is 432 g/mol. The monoisotopic (exact) mass is 431 g/mol. The van der Waals surface area contributed by atoms with Gasteiger partial charge in [-0.2, -0.15) is 5.10 Å². The number of thiazole rings is 1. The number of rotatable bonds is 8. The Morgan fingerprint density at radius 3 is 2.74 bits per heavy atom. The first-order valence-corrected chi connectivity index (χ1v) is 10.6. The van der Waals surface area contributed by atoms with Crippen molar-refractivity contribution in [2.45, 2.75) is 20.1 Å². The van der Waals surface area contributed by atoms with Crippen LogP contribution in [0.5, 0.6) is 5.75 Å². The van der Waals surface area contributed by atoms with Crippen LogP contribution in [-0.4, -0.2) is 20.7 Å². The summed E-state index contributed by atoms with van der Waals surface area (Å²) in [7, 11) is 0. The van der Waals surface area contributed by atoms with Crippen molar-refractivity contribution in [2.75, 3.05) is 0 Å². The maximum atomic E-state index is 12.1. The molecule has 4 aromatic rings. The van der Waals surface area contributed by atoms with Crippen LogP contribution in [0.15, 0.2) is 78.4 Å². The van der Waals surface area contributed by atoms with Crippen LogP contribution >= 0.6 is 11.3 Å². The molecule has 2 heterocycles. The highest BCUT2D eigenvalue weighted by Gasteiger charge is 2.03. The molecular formula is C24H21N3O3S. The van der Waals surface area contributed by atoms with Crippen LogP contribution in [0.4, 0.5) is 0 Å². The minimum atomic E-state index is -0.402. The Hall–Kier alpha value is -3.71. The van der Waals surface area contributed by atoms with E-state index in [-0.39, 0.29) is 6.61 Å². The molecule has 0 N–H and O–H groups in total. The second-order valence-corrected chi connectivity index (χ2v) is 7.84. The Kier molecular flexibility index (Phi) is 6.54. The predicted molar refractivity (Wildman–Crippen MR) is 120 cm³/mol. The van der Waals surface area contributed by atoms with Gasteiger partial charge in [-0.1, -0.05) is 24.3 Å². The van der Waals surface area contributed by atoms with Gasteiger partial charge in [-0.05, 0) is 54.5 Å². The molecule has 2 aromatic heterocycles. The normalized spacial score (nSPS) is 11.0. The minimum Gasteiger partial charge on any atom is -0.487 e. The molecule has 2 aromatic carbocycles. The van der Waals surface area contributed by atoms with E-state index in [0.717, 1.165) is 33.3 Å². The van der Waals surface area contributed by atoms with E-state index < -0.39 is 5.97 Å². The van der Waals surface area contributed by atoms with Crippen LogP contribution < -0.4 is 4.74 Å². The lowest BCUT2D eigenvalue weighted by atomic mass is 10.2. The summed E-state index contributed by atoms with van der Waals surface area (Å²) in [6, 6.07) is 17.1. The fraction of sp³-hybridized carbons (Fsp3) is 0.125. The summed E-state index contributed by atoms with van der Waals surface area (Å²) >= 11 is 1.60. The summed E-state index contributed by atoms with van der Waals surface area (Å²) < 4.78 is 12.9. The SMILES string of the molecule is Cc1nc(COc2cccc(/C=C/C(=O)OCc3ccc(-n4cccn4)cc3)c2)cs1. The Balaban J connectivity index is 1.27. The van der Waals surface area contributed by atoms with Gasteiger partial charge < -0.3 is 9.47 Å². The van der Waals surface area contributed by atoms with Crippen LogP contribution in [0.2, 0.25) is 0 Å². The van der Waals surface area contributed by atoms with Gasteiger partial charge in [0.15, 0.2) is 0 Å². The summed E-state index contributed by atoms with van der Waals surface area (Å²) in [6.45, 7) is 2.59. The first-order valence-electron chi connectivity index (χ1n) is 9.73. The predicted octanol–water partition coefficient (Wildman–Crippen LogP) is 4.97. The second-order valence-electron chi connectivity index (χ2n) is 6.78. The molecule has 0 saturated carbocycles. The first-order chi connectivity index (χ1) is 15.2. The third-order valence-electron chi connectivity index (χ3n) is 4.41. The zero-order valence-electron chi connectivity index (χ0n) is 17.0. The number of hydrogen-bond donors (Lipinski definition) is 0. The first kappa shape index (κ1) is 20.6. The molecule has 0 bridgehead atoms. The Bertz CT molecular complexity index is 1170. The number of hydrogen-bond acceptors (Lipinski definition) is 6. The molecule has 0 amide bonds. The molecule has 0 aliphatic carbocycles. The smallest absolute Gasteiger partial charge is 0.331 e. The molecule has 0 radical (unpaired) electrons. The van der Waals surface area contributed by atoms with E-state index >= 15 is 0 Å². The molecule has 0 fully saturated rings. The molecular weight excluding hydrogens is 410 g/mol. The van der Waals surface area contributed by atoms with Crippen LogP contribution in [0.1, 0.15) is 21.8 Å². The van der Waals surface area contributed by atoms with Crippen molar-refractivity contribution >= 4 is 23.4 Å². The summed E-state index contributed by atoms with van der Waals surface area (Å²) in [5.74, 6) is 0.318. The van der Waals surface area contributed by atoms with E-state index in [1.807, 2.05) is 73.1 Å². The van der Waals surface area contributed by atoms with Crippen LogP contribution in [-0.2, 0) is 22.7 Å². The third-order valence-corrected chi connectivity index (χ3v) is 5.23. The van der Waals surface area contributed by atoms with Gasteiger partial charge in [-0.25, -0.2) is 14.5 Å². The molecule has 7 heteroatoms. The van der Waals surface area contributed by atoms with Crippen molar-refractivity contribution in [3.8, 4) is 11.4 Å². The van der Waals surface area contributed by atoms with Crippen LogP contribution in [0.25, 0.3) is 11.8 Å². The highest BCUT2D eigenvalue weighted by molar-refractivity contribution is 7.09. The van der Waals surface area contributed by atoms with E-state index in [0.29, 0.717) is 6.61 Å². The van der Waals surface area contributed by atoms with Gasteiger partial charge in [0.2, 0.25) is 0 Å². The number of ether oxygens (including phenoxy) is 2. The molecule has 0 aliphatic heterocycles. The van der Waals surface area contributed by atoms with Crippen molar-refractivity contribution in [1.29, 1.82) is 0 Å². The zero-order chi connectivity index (χ0) is 21.5. The van der Waals surface area contributed by atoms with Crippen LogP contribution in [0.3, 0.4) is 0 Å². The Labute approximate surface area is 184 Å². The zero-order valence-corrected chi connectivity index (χ0v) is 17.8. The fourth-order valence-corrected chi connectivity index (χ4v) is 3.47. The fourth-order valence-electron chi connectivity index (χ4n) is 2.87. The Morgan fingerprint density at radius 2 is 2.00 bits per heavy atom. The van der Waals surface area contributed by atoms with Gasteiger partial charge in [-0.3, -0.25) is 0 Å². The molecule has 0 spiro atoms. The van der Waals surface area contributed by atoms with Gasteiger partial charge in [0, 0.05) is 23.8 Å². The molecule has 6 nitrogen and oxygen atoms in total. The lowest BCUT2D eigenvalue weighted by molar-refractivity contribution is -0.138. The van der Waals surface area contributed by atoms with Gasteiger partial charge in [-0.15, -0.1) is 11.3 Å². The molecule has 0 unspecified atom stereocenters. The molecule has 31 heavy (non-hydrogen) atoms. The summed E-state index contributed by atoms with van der Waals surface area (Å²) in [6.07, 6.45) is 6.73. The standard InChI is InChI=1S/C24H21N3O3S/c1-18-26-21(17-31-18)16-29-23-5-2-4-19(14-23)8-11-24(28)30-15-20-6-9-22(10-7-20)27-13-3-12-25-27/h2-14,17H,15-16H2,1H3/b11-8+. The highest BCUT2D eigenvalue weighted by Crippen LogP contribution is 2.17. The van der Waals surface area contributed by atoms with Gasteiger partial charge in [0.25, 0.3) is 0 Å². The Morgan fingerprint density at radius 1 is 1.13 bits per heavy atom. The molecule has 0 atom stereocenters. The van der Waals surface area contributed by atoms with Crippen molar-refractivity contribution in [2.24, 2.45) is 0 Å². The van der Waals surface area contributed by atoms with E-state index in [1.165, 1.54) is 6.08 Å². The number of carbonyl (C=O) groups excluding carboxylic acids is 1. The van der Waals surface area contributed by atoms with Crippen molar-refractivity contribution < 1.29 is 14.3 Å². The van der Waals surface area contributed by atoms with E-state index in [1.54, 1.807) is 28.3 Å². The lowest BCUT2D eigenvalue weighted by Gasteiger charge is -2.06. The average Bonchev–Trinajstić information content (AvgIpc) is 3.47. The number of nitrogens with zero attached hydrogens (tertiary/aromatic N) is 3. The summed E-state index contributed by atoms with van der Waals surface area (Å²) in [4.78, 5) is 16.5. The topological polar surface area (TPSA) is 66.2 Å². The quantitative estimate of drug-likeness (QED) is 0.291. The van der Waals surface area contributed by atoms with Crippen molar-refractivity contribution in [3.63, 3.8) is 0 Å². The molecule has 156 valence electrons. The van der Waals surface area contributed by atoms with Crippen LogP contribution in [0, 0.1) is 6.92 Å².